The van der Waals surface area contributed by atoms with Crippen LogP contribution in [0.25, 0.3) is 0 Å². The summed E-state index contributed by atoms with van der Waals surface area (Å²) in [7, 11) is -2.79. The SMILES string of the molecule is Cc1ccc(CO[PH](=O)O)cc1. The van der Waals surface area contributed by atoms with E-state index in [1.807, 2.05) is 31.2 Å². The minimum absolute atomic E-state index is 0.203. The number of hydrogen-bond donors (Lipinski definition) is 1. The first-order chi connectivity index (χ1) is 5.68. The van der Waals surface area contributed by atoms with Gasteiger partial charge in [-0.15, -0.1) is 0 Å². The highest BCUT2D eigenvalue weighted by atomic mass is 31.1. The van der Waals surface area contributed by atoms with Crippen LogP contribution < -0.4 is 0 Å². The smallest absolute Gasteiger partial charge is 0.316 e. The van der Waals surface area contributed by atoms with Gasteiger partial charge in [-0.3, -0.25) is 4.57 Å². The molecule has 66 valence electrons. The Morgan fingerprint density at radius 2 is 2.00 bits per heavy atom. The van der Waals surface area contributed by atoms with Crippen molar-refractivity contribution in [2.45, 2.75) is 13.5 Å². The lowest BCUT2D eigenvalue weighted by Crippen LogP contribution is -1.85. The lowest BCUT2D eigenvalue weighted by atomic mass is 10.2. The van der Waals surface area contributed by atoms with Crippen LogP contribution in [0, 0.1) is 6.92 Å². The summed E-state index contributed by atoms with van der Waals surface area (Å²) in [4.78, 5) is 8.39. The van der Waals surface area contributed by atoms with E-state index in [-0.39, 0.29) is 6.61 Å². The Balaban J connectivity index is 2.53. The Morgan fingerprint density at radius 3 is 2.50 bits per heavy atom. The van der Waals surface area contributed by atoms with Gasteiger partial charge in [-0.25, -0.2) is 0 Å². The highest BCUT2D eigenvalue weighted by molar-refractivity contribution is 7.32. The fourth-order valence-electron chi connectivity index (χ4n) is 0.829. The van der Waals surface area contributed by atoms with Crippen LogP contribution in [0.15, 0.2) is 24.3 Å². The van der Waals surface area contributed by atoms with Gasteiger partial charge in [0, 0.05) is 0 Å². The summed E-state index contributed by atoms with van der Waals surface area (Å²) in [5.74, 6) is 0. The number of hydrogen-bond acceptors (Lipinski definition) is 2. The molecule has 12 heavy (non-hydrogen) atoms. The van der Waals surface area contributed by atoms with Crippen LogP contribution in [0.1, 0.15) is 11.1 Å². The molecule has 3 nitrogen and oxygen atoms in total. The number of rotatable bonds is 3. The van der Waals surface area contributed by atoms with Crippen molar-refractivity contribution in [2.75, 3.05) is 0 Å². The van der Waals surface area contributed by atoms with Crippen LogP contribution in [0.2, 0.25) is 0 Å². The maximum Gasteiger partial charge on any atom is 0.316 e. The molecule has 1 aromatic carbocycles. The van der Waals surface area contributed by atoms with Crippen molar-refractivity contribution in [2.24, 2.45) is 0 Å². The third-order valence-electron chi connectivity index (χ3n) is 1.48. The predicted octanol–water partition coefficient (Wildman–Crippen LogP) is 1.89. The third-order valence-corrected chi connectivity index (χ3v) is 1.87. The van der Waals surface area contributed by atoms with E-state index >= 15 is 0 Å². The molecule has 0 spiro atoms. The fourth-order valence-corrected chi connectivity index (χ4v) is 1.12. The molecule has 1 atom stereocenters. The minimum atomic E-state index is -2.79. The van der Waals surface area contributed by atoms with Crippen molar-refractivity contribution in [1.82, 2.24) is 0 Å². The van der Waals surface area contributed by atoms with Gasteiger partial charge in [0.05, 0.1) is 6.61 Å². The second-order valence-electron chi connectivity index (χ2n) is 2.54. The van der Waals surface area contributed by atoms with E-state index in [9.17, 15) is 4.57 Å². The average Bonchev–Trinajstić information content (AvgIpc) is 2.03. The van der Waals surface area contributed by atoms with Crippen LogP contribution in [-0.4, -0.2) is 4.89 Å². The highest BCUT2D eigenvalue weighted by Crippen LogP contribution is 2.17. The molecule has 1 rings (SSSR count). The van der Waals surface area contributed by atoms with Gasteiger partial charge in [-0.2, -0.15) is 0 Å². The van der Waals surface area contributed by atoms with Gasteiger partial charge in [0.25, 0.3) is 0 Å². The first kappa shape index (κ1) is 9.46. The zero-order chi connectivity index (χ0) is 8.97. The summed E-state index contributed by atoms with van der Waals surface area (Å²) in [5.41, 5.74) is 2.07. The predicted molar refractivity (Wildman–Crippen MR) is 47.2 cm³/mol. The molecule has 1 N–H and O–H groups in total. The summed E-state index contributed by atoms with van der Waals surface area (Å²) in [5, 5.41) is 0. The van der Waals surface area contributed by atoms with E-state index in [4.69, 9.17) is 4.89 Å². The van der Waals surface area contributed by atoms with E-state index in [1.54, 1.807) is 0 Å². The normalized spacial score (nSPS) is 12.8. The van der Waals surface area contributed by atoms with E-state index in [0.29, 0.717) is 0 Å². The lowest BCUT2D eigenvalue weighted by Gasteiger charge is -2.00. The van der Waals surface area contributed by atoms with Crippen molar-refractivity contribution >= 4 is 8.25 Å². The van der Waals surface area contributed by atoms with Crippen molar-refractivity contribution in [3.63, 3.8) is 0 Å². The van der Waals surface area contributed by atoms with Gasteiger partial charge < -0.3 is 9.42 Å². The molecule has 0 aliphatic rings. The molecule has 0 aliphatic carbocycles. The van der Waals surface area contributed by atoms with Crippen molar-refractivity contribution in [3.8, 4) is 0 Å². The maximum absolute atomic E-state index is 10.2. The molecule has 0 heterocycles. The van der Waals surface area contributed by atoms with Crippen LogP contribution in [0.4, 0.5) is 0 Å². The third kappa shape index (κ3) is 3.18. The second-order valence-corrected chi connectivity index (χ2v) is 3.36. The lowest BCUT2D eigenvalue weighted by molar-refractivity contribution is 0.272. The van der Waals surface area contributed by atoms with Crippen LogP contribution in [0.3, 0.4) is 0 Å². The first-order valence-corrected chi connectivity index (χ1v) is 4.86. The number of benzene rings is 1. The molecule has 0 bridgehead atoms. The molecule has 4 heteroatoms. The van der Waals surface area contributed by atoms with Gasteiger partial charge in [-0.1, -0.05) is 29.8 Å². The molecule has 0 fully saturated rings. The Hall–Kier alpha value is -0.630. The number of aryl methyl sites for hydroxylation is 1. The fraction of sp³-hybridized carbons (Fsp3) is 0.250. The summed E-state index contributed by atoms with van der Waals surface area (Å²) < 4.78 is 14.8. The summed E-state index contributed by atoms with van der Waals surface area (Å²) in [6.07, 6.45) is 0. The zero-order valence-electron chi connectivity index (χ0n) is 6.78. The van der Waals surface area contributed by atoms with Gasteiger partial charge in [0.2, 0.25) is 0 Å². The van der Waals surface area contributed by atoms with Gasteiger partial charge in [0.15, 0.2) is 0 Å². The van der Waals surface area contributed by atoms with Crippen LogP contribution in [-0.2, 0) is 15.7 Å². The topological polar surface area (TPSA) is 46.5 Å². The monoisotopic (exact) mass is 186 g/mol. The van der Waals surface area contributed by atoms with E-state index in [0.717, 1.165) is 11.1 Å². The Labute approximate surface area is 71.9 Å². The van der Waals surface area contributed by atoms with Crippen LogP contribution >= 0.6 is 8.25 Å². The van der Waals surface area contributed by atoms with Gasteiger partial charge in [-0.05, 0) is 12.5 Å². The van der Waals surface area contributed by atoms with Gasteiger partial charge in [0.1, 0.15) is 0 Å². The van der Waals surface area contributed by atoms with Crippen molar-refractivity contribution in [3.05, 3.63) is 35.4 Å². The molecule has 0 radical (unpaired) electrons. The highest BCUT2D eigenvalue weighted by Gasteiger charge is 1.94. The molecule has 0 aromatic heterocycles. The minimum Gasteiger partial charge on any atom is -0.326 e. The first-order valence-electron chi connectivity index (χ1n) is 3.60. The summed E-state index contributed by atoms with van der Waals surface area (Å²) in [6.45, 7) is 2.19. The van der Waals surface area contributed by atoms with Crippen molar-refractivity contribution in [1.29, 1.82) is 0 Å². The van der Waals surface area contributed by atoms with E-state index in [1.165, 1.54) is 0 Å². The average molecular weight is 186 g/mol. The molecule has 0 saturated carbocycles. The Morgan fingerprint density at radius 1 is 1.42 bits per heavy atom. The Bertz CT molecular complexity index is 268. The largest absolute Gasteiger partial charge is 0.326 e. The standard InChI is InChI=1S/C8H11O3P/c1-7-2-4-8(5-3-7)6-11-12(9)10/h2-5,12H,6H2,1H3,(H,9,10). The van der Waals surface area contributed by atoms with E-state index < -0.39 is 8.25 Å². The van der Waals surface area contributed by atoms with E-state index in [2.05, 4.69) is 4.52 Å². The van der Waals surface area contributed by atoms with Crippen molar-refractivity contribution < 1.29 is 14.0 Å². The molecular formula is C8H11O3P. The molecule has 0 amide bonds. The Kier molecular flexibility index (Phi) is 3.48. The quantitative estimate of drug-likeness (QED) is 0.733. The molecular weight excluding hydrogens is 175 g/mol. The second kappa shape index (κ2) is 4.41. The maximum atomic E-state index is 10.2. The molecule has 0 aliphatic heterocycles. The summed E-state index contributed by atoms with van der Waals surface area (Å²) >= 11 is 0. The molecule has 0 saturated heterocycles. The molecule has 1 aromatic rings. The zero-order valence-corrected chi connectivity index (χ0v) is 7.78. The van der Waals surface area contributed by atoms with Crippen LogP contribution in [0.5, 0.6) is 0 Å². The van der Waals surface area contributed by atoms with Gasteiger partial charge >= 0.3 is 8.25 Å². The summed E-state index contributed by atoms with van der Waals surface area (Å²) in [6, 6.07) is 7.63. The molecule has 1 unspecified atom stereocenters.